The molecule has 0 aliphatic rings. The summed E-state index contributed by atoms with van der Waals surface area (Å²) in [4.78, 5) is 0. The van der Waals surface area contributed by atoms with Crippen molar-refractivity contribution in [3.8, 4) is 0 Å². The zero-order valence-corrected chi connectivity index (χ0v) is 8.48. The third-order valence-electron chi connectivity index (χ3n) is 2.97. The maximum absolute atomic E-state index is 6.26. The van der Waals surface area contributed by atoms with Gasteiger partial charge in [-0.2, -0.15) is 0 Å². The first-order valence-corrected chi connectivity index (χ1v) is 4.89. The highest BCUT2D eigenvalue weighted by molar-refractivity contribution is 6.15. The van der Waals surface area contributed by atoms with Crippen molar-refractivity contribution < 1.29 is 0 Å². The van der Waals surface area contributed by atoms with Crippen molar-refractivity contribution >= 4 is 7.85 Å². The van der Waals surface area contributed by atoms with Gasteiger partial charge in [0, 0.05) is 0 Å². The molecule has 0 aromatic rings. The molecule has 1 heteroatoms. The second kappa shape index (κ2) is 4.85. The molecule has 2 radical (unpaired) electrons. The van der Waals surface area contributed by atoms with Crippen molar-refractivity contribution in [2.45, 2.75) is 58.7 Å². The predicted molar refractivity (Wildman–Crippen MR) is 53.1 cm³/mol. The van der Waals surface area contributed by atoms with Gasteiger partial charge in [0.05, 0.1) is 7.85 Å². The molecule has 0 saturated carbocycles. The molecule has 0 aromatic carbocycles. The molecule has 2 atom stereocenters. The highest BCUT2D eigenvalue weighted by atomic mass is 14.3. The molecule has 0 saturated heterocycles. The van der Waals surface area contributed by atoms with E-state index in [0.717, 1.165) is 6.42 Å². The molecule has 11 heavy (non-hydrogen) atoms. The Kier molecular flexibility index (Phi) is 4.87. The first-order valence-electron chi connectivity index (χ1n) is 4.89. The third kappa shape index (κ3) is 2.88. The fourth-order valence-corrected chi connectivity index (χ4v) is 1.64. The smallest absolute Gasteiger partial charge is 0.0656 e. The van der Waals surface area contributed by atoms with Gasteiger partial charge in [-0.15, -0.1) is 0 Å². The van der Waals surface area contributed by atoms with Crippen LogP contribution in [-0.4, -0.2) is 7.85 Å². The summed E-state index contributed by atoms with van der Waals surface area (Å²) in [5.41, 5.74) is 0. The van der Waals surface area contributed by atoms with Crippen LogP contribution in [-0.2, 0) is 0 Å². The average Bonchev–Trinajstić information content (AvgIpc) is 2.03. The van der Waals surface area contributed by atoms with Crippen LogP contribution in [0.15, 0.2) is 0 Å². The maximum atomic E-state index is 6.26. The Labute approximate surface area is 73.2 Å². The van der Waals surface area contributed by atoms with E-state index in [0.29, 0.717) is 5.92 Å². The van der Waals surface area contributed by atoms with Crippen LogP contribution >= 0.6 is 0 Å². The molecule has 0 spiro atoms. The summed E-state index contributed by atoms with van der Waals surface area (Å²) < 4.78 is 0. The van der Waals surface area contributed by atoms with Gasteiger partial charge in [0.15, 0.2) is 0 Å². The van der Waals surface area contributed by atoms with E-state index in [9.17, 15) is 0 Å². The van der Waals surface area contributed by atoms with Crippen LogP contribution in [0.5, 0.6) is 0 Å². The normalized spacial score (nSPS) is 19.3. The molecule has 0 amide bonds. The van der Waals surface area contributed by atoms with E-state index in [1.54, 1.807) is 0 Å². The molecule has 0 heterocycles. The van der Waals surface area contributed by atoms with Crippen molar-refractivity contribution in [2.24, 2.45) is 5.92 Å². The third-order valence-corrected chi connectivity index (χ3v) is 2.97. The molecule has 0 aromatic heterocycles. The van der Waals surface area contributed by atoms with Crippen LogP contribution in [0.25, 0.3) is 0 Å². The standard InChI is InChI=1S/C10H21B/c1-5-8-10(11,7-3)9(4)6-2/h9H,5-8H2,1-4H3. The molecule has 0 aliphatic heterocycles. The second-order valence-corrected chi connectivity index (χ2v) is 3.65. The molecule has 0 N–H and O–H groups in total. The Bertz CT molecular complexity index is 101. The Hall–Kier alpha value is 0.0649. The van der Waals surface area contributed by atoms with Crippen molar-refractivity contribution in [3.63, 3.8) is 0 Å². The van der Waals surface area contributed by atoms with E-state index < -0.39 is 0 Å². The summed E-state index contributed by atoms with van der Waals surface area (Å²) >= 11 is 0. The van der Waals surface area contributed by atoms with Crippen LogP contribution in [0.3, 0.4) is 0 Å². The second-order valence-electron chi connectivity index (χ2n) is 3.65. The molecule has 0 fully saturated rings. The van der Waals surface area contributed by atoms with Crippen molar-refractivity contribution in [1.82, 2.24) is 0 Å². The van der Waals surface area contributed by atoms with Crippen molar-refractivity contribution in [3.05, 3.63) is 0 Å². The van der Waals surface area contributed by atoms with Crippen LogP contribution in [0.4, 0.5) is 0 Å². The molecular weight excluding hydrogens is 131 g/mol. The Morgan fingerprint density at radius 3 is 2.09 bits per heavy atom. The molecular formula is C10H21B. The van der Waals surface area contributed by atoms with E-state index >= 15 is 0 Å². The molecule has 64 valence electrons. The summed E-state index contributed by atoms with van der Waals surface area (Å²) in [7, 11) is 6.26. The first kappa shape index (κ1) is 11.1. The lowest BCUT2D eigenvalue weighted by atomic mass is 9.56. The van der Waals surface area contributed by atoms with Gasteiger partial charge in [0.25, 0.3) is 0 Å². The minimum absolute atomic E-state index is 0.101. The number of hydrogen-bond donors (Lipinski definition) is 0. The van der Waals surface area contributed by atoms with Gasteiger partial charge in [-0.3, -0.25) is 0 Å². The summed E-state index contributed by atoms with van der Waals surface area (Å²) in [5, 5.41) is 0.101. The van der Waals surface area contributed by atoms with Gasteiger partial charge in [0.1, 0.15) is 0 Å². The van der Waals surface area contributed by atoms with Crippen molar-refractivity contribution in [2.75, 3.05) is 0 Å². The monoisotopic (exact) mass is 152 g/mol. The van der Waals surface area contributed by atoms with E-state index in [1.165, 1.54) is 19.3 Å². The number of rotatable bonds is 5. The molecule has 0 bridgehead atoms. The molecule has 2 unspecified atom stereocenters. The van der Waals surface area contributed by atoms with Crippen LogP contribution in [0.1, 0.15) is 53.4 Å². The average molecular weight is 152 g/mol. The lowest BCUT2D eigenvalue weighted by Gasteiger charge is -2.34. The summed E-state index contributed by atoms with van der Waals surface area (Å²) in [6.45, 7) is 8.89. The number of hydrogen-bond acceptors (Lipinski definition) is 0. The summed E-state index contributed by atoms with van der Waals surface area (Å²) in [6.07, 6.45) is 4.67. The fourth-order valence-electron chi connectivity index (χ4n) is 1.64. The lowest BCUT2D eigenvalue weighted by molar-refractivity contribution is 0.337. The minimum atomic E-state index is 0.101. The minimum Gasteiger partial charge on any atom is -0.0656 e. The van der Waals surface area contributed by atoms with Gasteiger partial charge < -0.3 is 0 Å². The fraction of sp³-hybridized carbons (Fsp3) is 1.00. The van der Waals surface area contributed by atoms with Gasteiger partial charge in [0.2, 0.25) is 0 Å². The van der Waals surface area contributed by atoms with E-state index in [2.05, 4.69) is 27.7 Å². The highest BCUT2D eigenvalue weighted by Gasteiger charge is 2.25. The van der Waals surface area contributed by atoms with Gasteiger partial charge >= 0.3 is 0 Å². The summed E-state index contributed by atoms with van der Waals surface area (Å²) in [6, 6.07) is 0. The Morgan fingerprint density at radius 2 is 1.82 bits per heavy atom. The Morgan fingerprint density at radius 1 is 1.27 bits per heavy atom. The lowest BCUT2D eigenvalue weighted by Crippen LogP contribution is -2.20. The summed E-state index contributed by atoms with van der Waals surface area (Å²) in [5.74, 6) is 0.660. The maximum Gasteiger partial charge on any atom is 0.0749 e. The van der Waals surface area contributed by atoms with E-state index in [1.807, 2.05) is 0 Å². The Balaban J connectivity index is 4.07. The van der Waals surface area contributed by atoms with E-state index in [-0.39, 0.29) is 5.31 Å². The molecule has 0 aliphatic carbocycles. The topological polar surface area (TPSA) is 0 Å². The predicted octanol–water partition coefficient (Wildman–Crippen LogP) is 3.57. The van der Waals surface area contributed by atoms with Gasteiger partial charge in [-0.05, 0) is 5.92 Å². The zero-order valence-electron chi connectivity index (χ0n) is 8.48. The van der Waals surface area contributed by atoms with Gasteiger partial charge in [-0.1, -0.05) is 58.7 Å². The van der Waals surface area contributed by atoms with Crippen LogP contribution < -0.4 is 0 Å². The first-order chi connectivity index (χ1) is 5.10. The van der Waals surface area contributed by atoms with Crippen molar-refractivity contribution in [1.29, 1.82) is 0 Å². The van der Waals surface area contributed by atoms with E-state index in [4.69, 9.17) is 7.85 Å². The highest BCUT2D eigenvalue weighted by Crippen LogP contribution is 2.41. The SMILES string of the molecule is [B]C(CC)(CCC)C(C)CC. The molecule has 0 rings (SSSR count). The molecule has 0 nitrogen and oxygen atoms in total. The van der Waals surface area contributed by atoms with Crippen LogP contribution in [0.2, 0.25) is 5.31 Å². The largest absolute Gasteiger partial charge is 0.0749 e. The quantitative estimate of drug-likeness (QED) is 0.528. The zero-order chi connectivity index (χ0) is 8.91. The van der Waals surface area contributed by atoms with Gasteiger partial charge in [-0.25, -0.2) is 0 Å². The van der Waals surface area contributed by atoms with Crippen LogP contribution in [0, 0.1) is 5.92 Å².